The normalized spacial score (nSPS) is 11.4. The van der Waals surface area contributed by atoms with Gasteiger partial charge in [-0.15, -0.1) is 0 Å². The van der Waals surface area contributed by atoms with Crippen LogP contribution in [0.5, 0.6) is 23.0 Å². The van der Waals surface area contributed by atoms with Crippen LogP contribution >= 0.6 is 0 Å². The van der Waals surface area contributed by atoms with Gasteiger partial charge in [0, 0.05) is 10.8 Å². The molecule has 224 valence electrons. The lowest BCUT2D eigenvalue weighted by molar-refractivity contribution is 0.487. The Balaban J connectivity index is 1.22. The number of benzene rings is 8. The molecule has 8 rings (SSSR count). The highest BCUT2D eigenvalue weighted by atomic mass is 16.5. The highest BCUT2D eigenvalue weighted by molar-refractivity contribution is 5.89. The van der Waals surface area contributed by atoms with Crippen LogP contribution < -0.4 is 9.47 Å². The predicted octanol–water partition coefficient (Wildman–Crippen LogP) is 12.0. The molecule has 0 atom stereocenters. The van der Waals surface area contributed by atoms with E-state index in [9.17, 15) is 0 Å². The molecule has 0 aliphatic rings. The van der Waals surface area contributed by atoms with Gasteiger partial charge in [-0.3, -0.25) is 0 Å². The number of fused-ring (bicyclic) bond motifs is 2. The average Bonchev–Trinajstić information content (AvgIpc) is 3.14. The molecule has 0 N–H and O–H groups in total. The summed E-state index contributed by atoms with van der Waals surface area (Å²) in [6.45, 7) is 0. The van der Waals surface area contributed by atoms with Gasteiger partial charge in [0.1, 0.15) is 23.0 Å². The first-order chi connectivity index (χ1) is 23.3. The number of ether oxygens (including phenoxy) is 2. The van der Waals surface area contributed by atoms with Gasteiger partial charge in [-0.1, -0.05) is 158 Å². The fourth-order valence-corrected chi connectivity index (χ4v) is 6.75. The van der Waals surface area contributed by atoms with E-state index in [2.05, 4.69) is 158 Å². The van der Waals surface area contributed by atoms with Crippen LogP contribution in [-0.2, 0) is 5.41 Å². The van der Waals surface area contributed by atoms with E-state index in [4.69, 9.17) is 9.47 Å². The van der Waals surface area contributed by atoms with Crippen molar-refractivity contribution in [2.45, 2.75) is 5.41 Å². The highest BCUT2D eigenvalue weighted by Gasteiger charge is 2.38. The molecule has 0 heterocycles. The van der Waals surface area contributed by atoms with Crippen LogP contribution in [-0.4, -0.2) is 0 Å². The van der Waals surface area contributed by atoms with Crippen molar-refractivity contribution in [2.75, 3.05) is 0 Å². The molecule has 0 aliphatic heterocycles. The van der Waals surface area contributed by atoms with Crippen LogP contribution in [0.15, 0.2) is 194 Å². The van der Waals surface area contributed by atoms with Crippen molar-refractivity contribution in [1.82, 2.24) is 0 Å². The third-order valence-corrected chi connectivity index (χ3v) is 8.94. The maximum atomic E-state index is 6.46. The van der Waals surface area contributed by atoms with Crippen molar-refractivity contribution in [1.29, 1.82) is 0 Å². The zero-order valence-corrected chi connectivity index (χ0v) is 25.8. The Kier molecular flexibility index (Phi) is 7.45. The first-order valence-electron chi connectivity index (χ1n) is 15.9. The molecule has 47 heavy (non-hydrogen) atoms. The molecule has 0 aliphatic carbocycles. The highest BCUT2D eigenvalue weighted by Crippen LogP contribution is 2.46. The number of hydrogen-bond donors (Lipinski definition) is 0. The Hall–Kier alpha value is -6.12. The average molecular weight is 605 g/mol. The van der Waals surface area contributed by atoms with Gasteiger partial charge in [-0.05, 0) is 69.4 Å². The third-order valence-electron chi connectivity index (χ3n) is 8.94. The summed E-state index contributed by atoms with van der Waals surface area (Å²) in [7, 11) is 0. The van der Waals surface area contributed by atoms with E-state index in [1.807, 2.05) is 36.4 Å². The Morgan fingerprint density at radius 3 is 1.04 bits per heavy atom. The van der Waals surface area contributed by atoms with Crippen molar-refractivity contribution in [3.05, 3.63) is 216 Å². The first kappa shape index (κ1) is 28.4. The van der Waals surface area contributed by atoms with Crippen molar-refractivity contribution in [3.63, 3.8) is 0 Å². The Morgan fingerprint density at radius 2 is 0.617 bits per heavy atom. The minimum atomic E-state index is -0.585. The Morgan fingerprint density at radius 1 is 0.277 bits per heavy atom. The summed E-state index contributed by atoms with van der Waals surface area (Å²) in [6, 6.07) is 67.5. The van der Waals surface area contributed by atoms with Gasteiger partial charge in [0.2, 0.25) is 0 Å². The van der Waals surface area contributed by atoms with Crippen LogP contribution in [0.25, 0.3) is 21.5 Å². The smallest absolute Gasteiger partial charge is 0.135 e. The molecule has 0 amide bonds. The van der Waals surface area contributed by atoms with Crippen LogP contribution in [0.1, 0.15) is 22.3 Å². The Labute approximate surface area is 275 Å². The second kappa shape index (κ2) is 12.3. The van der Waals surface area contributed by atoms with Crippen molar-refractivity contribution in [2.24, 2.45) is 0 Å². The summed E-state index contributed by atoms with van der Waals surface area (Å²) in [5, 5.41) is 4.49. The number of hydrogen-bond acceptors (Lipinski definition) is 2. The molecule has 2 nitrogen and oxygen atoms in total. The van der Waals surface area contributed by atoms with Crippen LogP contribution in [0.3, 0.4) is 0 Å². The summed E-state index contributed by atoms with van der Waals surface area (Å²) in [5.74, 6) is 3.27. The maximum absolute atomic E-state index is 6.46. The van der Waals surface area contributed by atoms with Gasteiger partial charge in [0.05, 0.1) is 5.41 Å². The van der Waals surface area contributed by atoms with Crippen LogP contribution in [0, 0.1) is 0 Å². The second-order valence-corrected chi connectivity index (χ2v) is 11.7. The molecular formula is C45H32O2. The van der Waals surface area contributed by atoms with Crippen LogP contribution in [0.4, 0.5) is 0 Å². The van der Waals surface area contributed by atoms with E-state index >= 15 is 0 Å². The molecule has 0 saturated heterocycles. The summed E-state index contributed by atoms with van der Waals surface area (Å²) < 4.78 is 12.9. The topological polar surface area (TPSA) is 18.5 Å². The lowest BCUT2D eigenvalue weighted by atomic mass is 9.65. The largest absolute Gasteiger partial charge is 0.457 e. The minimum Gasteiger partial charge on any atom is -0.457 e. The molecule has 0 bridgehead atoms. The SMILES string of the molecule is c1ccc(C(c2ccccc2)(c2ccc(Oc3cccc4ccccc34)cc2)c2ccc(Oc3cccc4ccccc34)cc2)cc1. The van der Waals surface area contributed by atoms with Crippen molar-refractivity contribution in [3.8, 4) is 23.0 Å². The molecule has 2 heteroatoms. The molecule has 0 aromatic heterocycles. The fraction of sp³-hybridized carbons (Fsp3) is 0.0222. The van der Waals surface area contributed by atoms with Gasteiger partial charge in [-0.25, -0.2) is 0 Å². The van der Waals surface area contributed by atoms with Gasteiger partial charge >= 0.3 is 0 Å². The third kappa shape index (κ3) is 5.30. The minimum absolute atomic E-state index is 0.585. The van der Waals surface area contributed by atoms with Gasteiger partial charge < -0.3 is 9.47 Å². The standard InChI is InChI=1S/C45H32O2/c1-3-17-35(18-4-1)45(36-19-5-2-6-20-36,37-25-29-39(30-26-37)46-43-23-11-15-33-13-7-9-21-41(33)43)38-27-31-40(32-28-38)47-44-24-12-16-34-14-8-10-22-42(34)44/h1-32H. The molecule has 8 aromatic rings. The first-order valence-corrected chi connectivity index (χ1v) is 15.9. The van der Waals surface area contributed by atoms with E-state index < -0.39 is 5.41 Å². The molecule has 0 spiro atoms. The Bertz CT molecular complexity index is 2100. The van der Waals surface area contributed by atoms with E-state index in [0.717, 1.165) is 55.7 Å². The zero-order chi connectivity index (χ0) is 31.5. The van der Waals surface area contributed by atoms with Gasteiger partial charge in [0.25, 0.3) is 0 Å². The van der Waals surface area contributed by atoms with Crippen molar-refractivity contribution < 1.29 is 9.47 Å². The monoisotopic (exact) mass is 604 g/mol. The molecule has 0 fully saturated rings. The lowest BCUT2D eigenvalue weighted by Crippen LogP contribution is -2.30. The number of rotatable bonds is 8. The summed E-state index contributed by atoms with van der Waals surface area (Å²) in [6.07, 6.45) is 0. The summed E-state index contributed by atoms with van der Waals surface area (Å²) in [4.78, 5) is 0. The molecular weight excluding hydrogens is 572 g/mol. The van der Waals surface area contributed by atoms with E-state index in [0.29, 0.717) is 0 Å². The maximum Gasteiger partial charge on any atom is 0.135 e. The molecule has 0 radical (unpaired) electrons. The molecule has 8 aromatic carbocycles. The second-order valence-electron chi connectivity index (χ2n) is 11.7. The summed E-state index contributed by atoms with van der Waals surface area (Å²) >= 11 is 0. The predicted molar refractivity (Wildman–Crippen MR) is 193 cm³/mol. The van der Waals surface area contributed by atoms with Crippen LogP contribution in [0.2, 0.25) is 0 Å². The summed E-state index contributed by atoms with van der Waals surface area (Å²) in [5.41, 5.74) is 4.05. The van der Waals surface area contributed by atoms with Gasteiger partial charge in [-0.2, -0.15) is 0 Å². The molecule has 0 unspecified atom stereocenters. The van der Waals surface area contributed by atoms with Crippen molar-refractivity contribution >= 4 is 21.5 Å². The van der Waals surface area contributed by atoms with Gasteiger partial charge in [0.15, 0.2) is 0 Å². The zero-order valence-electron chi connectivity index (χ0n) is 25.8. The van der Waals surface area contributed by atoms with E-state index in [1.165, 1.54) is 11.1 Å². The molecule has 0 saturated carbocycles. The quantitative estimate of drug-likeness (QED) is 0.161. The van der Waals surface area contributed by atoms with E-state index in [-0.39, 0.29) is 0 Å². The lowest BCUT2D eigenvalue weighted by Gasteiger charge is -2.37. The fourth-order valence-electron chi connectivity index (χ4n) is 6.75. The van der Waals surface area contributed by atoms with E-state index in [1.54, 1.807) is 0 Å².